The third-order valence-corrected chi connectivity index (χ3v) is 5.01. The summed E-state index contributed by atoms with van der Waals surface area (Å²) >= 11 is 0. The van der Waals surface area contributed by atoms with E-state index in [0.29, 0.717) is 17.3 Å². The average molecular weight is 398 g/mol. The summed E-state index contributed by atoms with van der Waals surface area (Å²) in [6, 6.07) is 2.22. The predicted molar refractivity (Wildman–Crippen MR) is 114 cm³/mol. The van der Waals surface area contributed by atoms with Crippen molar-refractivity contribution in [2.45, 2.75) is 52.1 Å². The minimum Gasteiger partial charge on any atom is -0.328 e. The van der Waals surface area contributed by atoms with E-state index in [1.807, 2.05) is 13.8 Å². The lowest BCUT2D eigenvalue weighted by atomic mass is 9.90. The molecule has 0 saturated carbocycles. The van der Waals surface area contributed by atoms with Crippen molar-refractivity contribution in [3.8, 4) is 0 Å². The first-order valence-electron chi connectivity index (χ1n) is 9.67. The molecule has 154 valence electrons. The summed E-state index contributed by atoms with van der Waals surface area (Å²) in [7, 11) is 0. The van der Waals surface area contributed by atoms with Crippen molar-refractivity contribution in [2.24, 2.45) is 5.73 Å². The quantitative estimate of drug-likeness (QED) is 0.553. The molecule has 1 unspecified atom stereocenters. The molecule has 8 heteroatoms. The Kier molecular flexibility index (Phi) is 5.77. The average Bonchev–Trinajstić information content (AvgIpc) is 2.99. The largest absolute Gasteiger partial charge is 0.328 e. The van der Waals surface area contributed by atoms with Crippen LogP contribution in [-0.2, 0) is 0 Å². The van der Waals surface area contributed by atoms with Gasteiger partial charge >= 0.3 is 0 Å². The molecule has 2 aromatic rings. The van der Waals surface area contributed by atoms with E-state index in [4.69, 9.17) is 16.6 Å². The van der Waals surface area contributed by atoms with Gasteiger partial charge in [0.1, 0.15) is 5.71 Å². The number of allylic oxidation sites excluding steroid dienone is 4. The first-order chi connectivity index (χ1) is 13.6. The number of nitrogens with two attached hydrogens (primary N) is 1. The Balaban J connectivity index is 0.000000224. The third-order valence-electron chi connectivity index (χ3n) is 5.01. The first kappa shape index (κ1) is 21.0. The maximum absolute atomic E-state index is 13.6. The summed E-state index contributed by atoms with van der Waals surface area (Å²) in [4.78, 5) is 4.36. The van der Waals surface area contributed by atoms with Crippen LogP contribution in [0.2, 0.25) is 0 Å². The molecule has 0 amide bonds. The lowest BCUT2D eigenvalue weighted by molar-refractivity contribution is 0.276. The number of aryl methyl sites for hydroxylation is 2. The highest BCUT2D eigenvalue weighted by atomic mass is 19.1. The summed E-state index contributed by atoms with van der Waals surface area (Å²) in [5.74, 6) is -0.714. The molecular formula is C21H28FN7. The highest BCUT2D eigenvalue weighted by Gasteiger charge is 2.24. The van der Waals surface area contributed by atoms with Crippen molar-refractivity contribution < 1.29 is 4.39 Å². The van der Waals surface area contributed by atoms with Crippen LogP contribution in [0.15, 0.2) is 30.2 Å². The Labute approximate surface area is 169 Å². The van der Waals surface area contributed by atoms with Gasteiger partial charge in [-0.3, -0.25) is 10.8 Å². The summed E-state index contributed by atoms with van der Waals surface area (Å²) < 4.78 is 15.2. The van der Waals surface area contributed by atoms with Gasteiger partial charge in [0.15, 0.2) is 11.5 Å². The van der Waals surface area contributed by atoms with Gasteiger partial charge < -0.3 is 11.1 Å². The SMILES string of the molecule is CC1(C)CC(N)CCN1.Cc1cn2nc(C3=CC(=N)C(=N)C(F)=C3)cc(C)c2n1. The molecule has 29 heavy (non-hydrogen) atoms. The molecule has 1 aliphatic heterocycles. The summed E-state index contributed by atoms with van der Waals surface area (Å²) in [6.45, 7) is 9.26. The number of fused-ring (bicyclic) bond motifs is 1. The molecule has 1 aliphatic carbocycles. The topological polar surface area (TPSA) is 116 Å². The molecule has 1 fully saturated rings. The number of piperidine rings is 1. The molecule has 0 aromatic carbocycles. The van der Waals surface area contributed by atoms with E-state index in [0.717, 1.165) is 36.3 Å². The van der Waals surface area contributed by atoms with E-state index < -0.39 is 11.5 Å². The Morgan fingerprint density at radius 2 is 2.00 bits per heavy atom. The van der Waals surface area contributed by atoms with E-state index in [1.54, 1.807) is 16.8 Å². The van der Waals surface area contributed by atoms with Crippen LogP contribution in [0, 0.1) is 24.7 Å². The van der Waals surface area contributed by atoms with Crippen LogP contribution in [0.4, 0.5) is 4.39 Å². The maximum Gasteiger partial charge on any atom is 0.156 e. The van der Waals surface area contributed by atoms with Crippen molar-refractivity contribution in [2.75, 3.05) is 6.54 Å². The van der Waals surface area contributed by atoms with Crippen LogP contribution in [-0.4, -0.2) is 44.1 Å². The van der Waals surface area contributed by atoms with Gasteiger partial charge in [0.25, 0.3) is 0 Å². The molecule has 0 radical (unpaired) electrons. The molecule has 0 bridgehead atoms. The number of rotatable bonds is 1. The highest BCUT2D eigenvalue weighted by molar-refractivity contribution is 6.51. The first-order valence-corrected chi connectivity index (χ1v) is 9.67. The predicted octanol–water partition coefficient (Wildman–Crippen LogP) is 3.11. The van der Waals surface area contributed by atoms with Crippen LogP contribution in [0.25, 0.3) is 11.2 Å². The second kappa shape index (κ2) is 7.96. The summed E-state index contributed by atoms with van der Waals surface area (Å²) in [5.41, 5.74) is 9.07. The van der Waals surface area contributed by atoms with E-state index in [2.05, 4.69) is 29.2 Å². The fourth-order valence-corrected chi connectivity index (χ4v) is 3.57. The number of halogens is 1. The van der Waals surface area contributed by atoms with E-state index in [9.17, 15) is 4.39 Å². The Bertz CT molecular complexity index is 1030. The number of imidazole rings is 1. The second-order valence-electron chi connectivity index (χ2n) is 8.31. The number of nitrogens with one attached hydrogen (secondary N) is 3. The van der Waals surface area contributed by atoms with Gasteiger partial charge in [0.2, 0.25) is 0 Å². The second-order valence-corrected chi connectivity index (χ2v) is 8.31. The van der Waals surface area contributed by atoms with Crippen LogP contribution in [0.3, 0.4) is 0 Å². The van der Waals surface area contributed by atoms with Gasteiger partial charge in [-0.2, -0.15) is 5.10 Å². The third kappa shape index (κ3) is 4.83. The van der Waals surface area contributed by atoms with Crippen LogP contribution >= 0.6 is 0 Å². The lowest BCUT2D eigenvalue weighted by Gasteiger charge is -2.34. The summed E-state index contributed by atoms with van der Waals surface area (Å²) in [5, 5.41) is 22.8. The van der Waals surface area contributed by atoms with Crippen molar-refractivity contribution in [3.05, 3.63) is 47.2 Å². The molecule has 1 saturated heterocycles. The molecule has 7 nitrogen and oxygen atoms in total. The zero-order chi connectivity index (χ0) is 21.3. The zero-order valence-electron chi connectivity index (χ0n) is 17.3. The van der Waals surface area contributed by atoms with E-state index >= 15 is 0 Å². The lowest BCUT2D eigenvalue weighted by Crippen LogP contribution is -2.50. The zero-order valence-corrected chi connectivity index (χ0v) is 17.3. The molecule has 1 atom stereocenters. The van der Waals surface area contributed by atoms with Gasteiger partial charge in [-0.1, -0.05) is 0 Å². The Morgan fingerprint density at radius 1 is 1.28 bits per heavy atom. The molecule has 0 spiro atoms. The standard InChI is InChI=1S/C14H12FN5.C7H16N2/c1-7-3-12(19-20-6-8(2)18-14(7)20)9-4-10(15)13(17)11(16)5-9;1-7(2)5-6(8)3-4-9-7/h3-6,16-17H,1-2H3;6,9H,3-5,8H2,1-2H3. The van der Waals surface area contributed by atoms with E-state index in [1.165, 1.54) is 12.2 Å². The smallest absolute Gasteiger partial charge is 0.156 e. The Morgan fingerprint density at radius 3 is 2.59 bits per heavy atom. The fourth-order valence-electron chi connectivity index (χ4n) is 3.57. The van der Waals surface area contributed by atoms with Crippen LogP contribution in [0.5, 0.6) is 0 Å². The van der Waals surface area contributed by atoms with Gasteiger partial charge in [0, 0.05) is 17.2 Å². The van der Waals surface area contributed by atoms with Crippen molar-refractivity contribution in [1.29, 1.82) is 10.8 Å². The highest BCUT2D eigenvalue weighted by Crippen LogP contribution is 2.23. The summed E-state index contributed by atoms with van der Waals surface area (Å²) in [6.07, 6.45) is 6.71. The van der Waals surface area contributed by atoms with Gasteiger partial charge in [-0.05, 0) is 70.9 Å². The number of aromatic nitrogens is 3. The van der Waals surface area contributed by atoms with Gasteiger partial charge in [0.05, 0.1) is 23.3 Å². The Hall–Kier alpha value is -2.71. The monoisotopic (exact) mass is 397 g/mol. The van der Waals surface area contributed by atoms with Crippen LogP contribution in [0.1, 0.15) is 43.6 Å². The molecule has 2 aliphatic rings. The van der Waals surface area contributed by atoms with E-state index in [-0.39, 0.29) is 11.3 Å². The van der Waals surface area contributed by atoms with Crippen molar-refractivity contribution in [3.63, 3.8) is 0 Å². The minimum atomic E-state index is -0.714. The number of hydrogen-bond acceptors (Lipinski definition) is 6. The molecule has 5 N–H and O–H groups in total. The number of hydrogen-bond donors (Lipinski definition) is 4. The van der Waals surface area contributed by atoms with Crippen LogP contribution < -0.4 is 11.1 Å². The molecule has 2 aromatic heterocycles. The number of nitrogens with zero attached hydrogens (tertiary/aromatic N) is 3. The maximum atomic E-state index is 13.6. The van der Waals surface area contributed by atoms with Gasteiger partial charge in [-0.25, -0.2) is 13.9 Å². The van der Waals surface area contributed by atoms with Crippen molar-refractivity contribution >= 4 is 22.6 Å². The molecular weight excluding hydrogens is 369 g/mol. The normalized spacial score (nSPS) is 21.4. The molecule has 4 rings (SSSR count). The van der Waals surface area contributed by atoms with Gasteiger partial charge in [-0.15, -0.1) is 0 Å². The molecule has 3 heterocycles. The minimum absolute atomic E-state index is 0.152. The fraction of sp³-hybridized carbons (Fsp3) is 0.429. The van der Waals surface area contributed by atoms with Crippen molar-refractivity contribution in [1.82, 2.24) is 19.9 Å².